The molecule has 0 saturated heterocycles. The first-order valence-corrected chi connectivity index (χ1v) is 2.90. The molecule has 0 radical (unpaired) electrons. The predicted molar refractivity (Wildman–Crippen MR) is 43.8 cm³/mol. The first-order valence-electron chi connectivity index (χ1n) is 2.90. The second-order valence-electron chi connectivity index (χ2n) is 1.75. The van der Waals surface area contributed by atoms with Gasteiger partial charge in [0, 0.05) is 12.3 Å². The van der Waals surface area contributed by atoms with Gasteiger partial charge in [0.25, 0.3) is 5.56 Å². The molecule has 1 aromatic heterocycles. The summed E-state index contributed by atoms with van der Waals surface area (Å²) < 4.78 is 0. The van der Waals surface area contributed by atoms with E-state index < -0.39 is 5.69 Å². The molecule has 7 N–H and O–H groups in total. The van der Waals surface area contributed by atoms with E-state index >= 15 is 0 Å². The van der Waals surface area contributed by atoms with Gasteiger partial charge in [-0.1, -0.05) is 0 Å². The molecule has 0 aromatic carbocycles. The van der Waals surface area contributed by atoms with E-state index in [-0.39, 0.29) is 11.5 Å². The van der Waals surface area contributed by atoms with E-state index in [1.165, 1.54) is 12.3 Å². The Morgan fingerprint density at radius 3 is 2.17 bits per heavy atom. The molecular formula is C5H9N5O2. The maximum atomic E-state index is 10.2. The summed E-state index contributed by atoms with van der Waals surface area (Å²) in [6.07, 6.45) is 1.29. The van der Waals surface area contributed by atoms with Gasteiger partial charge in [-0.3, -0.25) is 15.2 Å². The van der Waals surface area contributed by atoms with Crippen LogP contribution in [0.3, 0.4) is 0 Å². The van der Waals surface area contributed by atoms with Crippen LogP contribution in [0.25, 0.3) is 0 Å². The minimum Gasteiger partial charge on any atom is -0.370 e. The summed E-state index contributed by atoms with van der Waals surface area (Å²) in [5.41, 5.74) is 8.09. The van der Waals surface area contributed by atoms with Crippen molar-refractivity contribution in [3.05, 3.63) is 33.1 Å². The summed E-state index contributed by atoms with van der Waals surface area (Å²) in [5, 5.41) is 6.06. The molecule has 0 unspecified atom stereocenters. The Morgan fingerprint density at radius 2 is 1.92 bits per heavy atom. The zero-order valence-electron chi connectivity index (χ0n) is 6.13. The number of H-pyrrole nitrogens is 2. The van der Waals surface area contributed by atoms with Crippen LogP contribution >= 0.6 is 0 Å². The summed E-state index contributed by atoms with van der Waals surface area (Å²) in [5.74, 6) is -0.333. The number of guanidine groups is 1. The number of aromatic amines is 2. The van der Waals surface area contributed by atoms with Crippen molar-refractivity contribution in [3.63, 3.8) is 0 Å². The van der Waals surface area contributed by atoms with Crippen molar-refractivity contribution in [2.75, 3.05) is 0 Å². The molecule has 7 heteroatoms. The molecule has 1 heterocycles. The molecule has 0 amide bonds. The van der Waals surface area contributed by atoms with Crippen molar-refractivity contribution in [2.24, 2.45) is 11.5 Å². The molecular weight excluding hydrogens is 162 g/mol. The second kappa shape index (κ2) is 4.72. The van der Waals surface area contributed by atoms with E-state index in [0.717, 1.165) is 0 Å². The van der Waals surface area contributed by atoms with Crippen molar-refractivity contribution in [1.82, 2.24) is 9.97 Å². The SMILES string of the molecule is N=C(N)N.O=c1cc[nH]c(=O)[nH]1. The lowest BCUT2D eigenvalue weighted by molar-refractivity contribution is 1.04. The van der Waals surface area contributed by atoms with E-state index in [1.807, 2.05) is 4.98 Å². The Labute approximate surface area is 66.9 Å². The summed E-state index contributed by atoms with van der Waals surface area (Å²) in [6.45, 7) is 0. The third kappa shape index (κ3) is 6.08. The molecule has 0 atom stereocenters. The number of nitrogens with one attached hydrogen (secondary N) is 3. The molecule has 0 aliphatic carbocycles. The zero-order chi connectivity index (χ0) is 9.56. The standard InChI is InChI=1S/C4H4N2O2.CH5N3/c7-3-1-2-5-4(8)6-3;2-1(3)4/h1-2H,(H2,5,6,7,8);(H5,2,3,4). The normalized spacial score (nSPS) is 8.00. The van der Waals surface area contributed by atoms with Crippen LogP contribution in [0.15, 0.2) is 21.9 Å². The fourth-order valence-electron chi connectivity index (χ4n) is 0.383. The summed E-state index contributed by atoms with van der Waals surface area (Å²) >= 11 is 0. The van der Waals surface area contributed by atoms with Crippen molar-refractivity contribution >= 4 is 5.96 Å². The highest BCUT2D eigenvalue weighted by molar-refractivity contribution is 5.71. The van der Waals surface area contributed by atoms with Gasteiger partial charge in [-0.15, -0.1) is 0 Å². The van der Waals surface area contributed by atoms with E-state index in [0.29, 0.717) is 0 Å². The topological polar surface area (TPSA) is 142 Å². The minimum absolute atomic E-state index is 0.333. The molecule has 0 spiro atoms. The van der Waals surface area contributed by atoms with Gasteiger partial charge in [-0.2, -0.15) is 0 Å². The molecule has 1 rings (SSSR count). The van der Waals surface area contributed by atoms with Gasteiger partial charge < -0.3 is 16.5 Å². The number of hydrogen-bond acceptors (Lipinski definition) is 3. The molecule has 7 nitrogen and oxygen atoms in total. The first kappa shape index (κ1) is 9.95. The molecule has 1 aromatic rings. The van der Waals surface area contributed by atoms with Gasteiger partial charge in [0.15, 0.2) is 5.96 Å². The van der Waals surface area contributed by atoms with Crippen molar-refractivity contribution < 1.29 is 0 Å². The van der Waals surface area contributed by atoms with Gasteiger partial charge in [-0.25, -0.2) is 4.79 Å². The fraction of sp³-hybridized carbons (Fsp3) is 0. The highest BCUT2D eigenvalue weighted by Crippen LogP contribution is 1.51. The number of aromatic nitrogens is 2. The van der Waals surface area contributed by atoms with Crippen LogP contribution in [-0.2, 0) is 0 Å². The molecule has 0 fully saturated rings. The Hall–Kier alpha value is -2.05. The van der Waals surface area contributed by atoms with Crippen LogP contribution < -0.4 is 22.7 Å². The van der Waals surface area contributed by atoms with Crippen LogP contribution in [0.2, 0.25) is 0 Å². The summed E-state index contributed by atoms with van der Waals surface area (Å²) in [6, 6.07) is 1.24. The highest BCUT2D eigenvalue weighted by Gasteiger charge is 1.77. The smallest absolute Gasteiger partial charge is 0.325 e. The molecule has 0 saturated carbocycles. The molecule has 0 aliphatic heterocycles. The lowest BCUT2D eigenvalue weighted by atomic mass is 10.7. The van der Waals surface area contributed by atoms with Gasteiger partial charge in [0.1, 0.15) is 0 Å². The van der Waals surface area contributed by atoms with E-state index in [2.05, 4.69) is 16.5 Å². The van der Waals surface area contributed by atoms with Gasteiger partial charge >= 0.3 is 5.69 Å². The minimum atomic E-state index is -0.475. The average Bonchev–Trinajstić information content (AvgIpc) is 1.84. The number of hydrogen-bond donors (Lipinski definition) is 5. The molecule has 66 valence electrons. The largest absolute Gasteiger partial charge is 0.370 e. The lowest BCUT2D eigenvalue weighted by Crippen LogP contribution is -2.20. The van der Waals surface area contributed by atoms with E-state index in [1.54, 1.807) is 0 Å². The van der Waals surface area contributed by atoms with Gasteiger partial charge in [0.2, 0.25) is 0 Å². The average molecular weight is 171 g/mol. The third-order valence-electron chi connectivity index (χ3n) is 0.686. The maximum absolute atomic E-state index is 10.2. The van der Waals surface area contributed by atoms with Crippen molar-refractivity contribution in [2.45, 2.75) is 0 Å². The van der Waals surface area contributed by atoms with Gasteiger partial charge in [-0.05, 0) is 0 Å². The lowest BCUT2D eigenvalue weighted by Gasteiger charge is -1.75. The fourth-order valence-corrected chi connectivity index (χ4v) is 0.383. The first-order chi connectivity index (χ1) is 5.52. The van der Waals surface area contributed by atoms with E-state index in [4.69, 9.17) is 5.41 Å². The summed E-state index contributed by atoms with van der Waals surface area (Å²) in [4.78, 5) is 24.7. The Balaban J connectivity index is 0.000000261. The van der Waals surface area contributed by atoms with Crippen LogP contribution in [-0.4, -0.2) is 15.9 Å². The quantitative estimate of drug-likeness (QED) is 0.225. The Bertz CT molecular complexity index is 322. The zero-order valence-corrected chi connectivity index (χ0v) is 6.13. The van der Waals surface area contributed by atoms with Crippen LogP contribution in [0.4, 0.5) is 0 Å². The van der Waals surface area contributed by atoms with Gasteiger partial charge in [0.05, 0.1) is 0 Å². The number of rotatable bonds is 0. The second-order valence-corrected chi connectivity index (χ2v) is 1.75. The maximum Gasteiger partial charge on any atom is 0.325 e. The molecule has 12 heavy (non-hydrogen) atoms. The number of nitrogens with two attached hydrogens (primary N) is 2. The molecule has 0 bridgehead atoms. The van der Waals surface area contributed by atoms with E-state index in [9.17, 15) is 9.59 Å². The predicted octanol–water partition coefficient (Wildman–Crippen LogP) is -2.10. The van der Waals surface area contributed by atoms with Crippen LogP contribution in [0, 0.1) is 5.41 Å². The monoisotopic (exact) mass is 171 g/mol. The van der Waals surface area contributed by atoms with Crippen molar-refractivity contribution in [3.8, 4) is 0 Å². The van der Waals surface area contributed by atoms with Crippen molar-refractivity contribution in [1.29, 1.82) is 5.41 Å². The third-order valence-corrected chi connectivity index (χ3v) is 0.686. The molecule has 0 aliphatic rings. The highest BCUT2D eigenvalue weighted by atomic mass is 16.2. The Morgan fingerprint density at radius 1 is 1.42 bits per heavy atom. The van der Waals surface area contributed by atoms with Crippen LogP contribution in [0.1, 0.15) is 0 Å². The van der Waals surface area contributed by atoms with Crippen LogP contribution in [0.5, 0.6) is 0 Å². The Kier molecular flexibility index (Phi) is 3.91. The summed E-state index contributed by atoms with van der Waals surface area (Å²) in [7, 11) is 0.